The molecule has 82 valence electrons. The third-order valence-corrected chi connectivity index (χ3v) is 3.33. The van der Waals surface area contributed by atoms with E-state index in [1.54, 1.807) is 0 Å². The highest BCUT2D eigenvalue weighted by Gasteiger charge is 2.10. The van der Waals surface area contributed by atoms with E-state index in [0.717, 1.165) is 20.9 Å². The molecule has 0 amide bonds. The molecule has 0 fully saturated rings. The summed E-state index contributed by atoms with van der Waals surface area (Å²) in [6, 6.07) is 5.66. The highest BCUT2D eigenvalue weighted by Crippen LogP contribution is 2.23. The Morgan fingerprint density at radius 1 is 1.33 bits per heavy atom. The number of halogens is 2. The monoisotopic (exact) mass is 332 g/mol. The summed E-state index contributed by atoms with van der Waals surface area (Å²) in [6.45, 7) is 4.26. The average Bonchev–Trinajstić information content (AvgIpc) is 2.14. The summed E-state index contributed by atoms with van der Waals surface area (Å²) in [7, 11) is 0. The first kappa shape index (κ1) is 12.9. The molecule has 0 aliphatic carbocycles. The highest BCUT2D eigenvalue weighted by atomic mass is 79.9. The van der Waals surface area contributed by atoms with Crippen molar-refractivity contribution < 1.29 is 4.79 Å². The number of ketones is 1. The van der Waals surface area contributed by atoms with Gasteiger partial charge in [0.25, 0.3) is 0 Å². The second kappa shape index (κ2) is 5.80. The second-order valence-corrected chi connectivity index (χ2v) is 5.75. The minimum atomic E-state index is 0.211. The highest BCUT2D eigenvalue weighted by molar-refractivity contribution is 9.11. The zero-order chi connectivity index (χ0) is 11.4. The largest absolute Gasteiger partial charge is 0.294 e. The maximum Gasteiger partial charge on any atom is 0.164 e. The third-order valence-electron chi connectivity index (χ3n) is 2.18. The fourth-order valence-corrected chi connectivity index (χ4v) is 2.54. The van der Waals surface area contributed by atoms with Crippen LogP contribution in [-0.2, 0) is 0 Å². The van der Waals surface area contributed by atoms with Crippen molar-refractivity contribution in [3.63, 3.8) is 0 Å². The molecule has 0 saturated carbocycles. The van der Waals surface area contributed by atoms with Crippen molar-refractivity contribution >= 4 is 37.6 Å². The standard InChI is InChI=1S/C12H14Br2O/c1-8(2)3-6-12(15)10-5-4-9(13)7-11(10)14/h4-5,7-8H,3,6H2,1-2H3. The predicted molar refractivity (Wildman–Crippen MR) is 70.2 cm³/mol. The Labute approximate surface area is 108 Å². The van der Waals surface area contributed by atoms with E-state index in [2.05, 4.69) is 45.7 Å². The van der Waals surface area contributed by atoms with Crippen LogP contribution in [0.2, 0.25) is 0 Å². The fourth-order valence-electron chi connectivity index (χ4n) is 1.27. The van der Waals surface area contributed by atoms with Crippen LogP contribution in [0.4, 0.5) is 0 Å². The van der Waals surface area contributed by atoms with Crippen molar-refractivity contribution in [2.75, 3.05) is 0 Å². The van der Waals surface area contributed by atoms with Crippen LogP contribution < -0.4 is 0 Å². The molecular formula is C12H14Br2O. The van der Waals surface area contributed by atoms with Crippen molar-refractivity contribution in [3.05, 3.63) is 32.7 Å². The third kappa shape index (κ3) is 4.07. The minimum Gasteiger partial charge on any atom is -0.294 e. The lowest BCUT2D eigenvalue weighted by atomic mass is 10.0. The van der Waals surface area contributed by atoms with Gasteiger partial charge in [-0.25, -0.2) is 0 Å². The SMILES string of the molecule is CC(C)CCC(=O)c1ccc(Br)cc1Br. The molecule has 0 aliphatic rings. The molecule has 0 saturated heterocycles. The van der Waals surface area contributed by atoms with Crippen LogP contribution in [0.25, 0.3) is 0 Å². The van der Waals surface area contributed by atoms with E-state index in [1.165, 1.54) is 0 Å². The first-order chi connectivity index (χ1) is 7.00. The number of carbonyl (C=O) groups is 1. The quantitative estimate of drug-likeness (QED) is 0.721. The summed E-state index contributed by atoms with van der Waals surface area (Å²) in [4.78, 5) is 11.8. The fraction of sp³-hybridized carbons (Fsp3) is 0.417. The van der Waals surface area contributed by atoms with Gasteiger partial charge >= 0.3 is 0 Å². The summed E-state index contributed by atoms with van der Waals surface area (Å²) in [6.07, 6.45) is 1.57. The van der Waals surface area contributed by atoms with Crippen LogP contribution in [0.15, 0.2) is 27.1 Å². The van der Waals surface area contributed by atoms with E-state index in [0.29, 0.717) is 12.3 Å². The Bertz CT molecular complexity index is 359. The summed E-state index contributed by atoms with van der Waals surface area (Å²) >= 11 is 6.77. The zero-order valence-corrected chi connectivity index (χ0v) is 12.1. The Hall–Kier alpha value is -0.150. The summed E-state index contributed by atoms with van der Waals surface area (Å²) < 4.78 is 1.85. The number of Topliss-reactive ketones (excluding diaryl/α,β-unsaturated/α-hetero) is 1. The second-order valence-electron chi connectivity index (χ2n) is 3.98. The van der Waals surface area contributed by atoms with Gasteiger partial charge in [-0.15, -0.1) is 0 Å². The van der Waals surface area contributed by atoms with Gasteiger partial charge in [-0.2, -0.15) is 0 Å². The normalized spacial score (nSPS) is 10.7. The van der Waals surface area contributed by atoms with E-state index >= 15 is 0 Å². The predicted octanol–water partition coefficient (Wildman–Crippen LogP) is 4.83. The maximum absolute atomic E-state index is 11.8. The summed E-state index contributed by atoms with van der Waals surface area (Å²) in [5, 5.41) is 0. The van der Waals surface area contributed by atoms with Gasteiger partial charge in [0, 0.05) is 20.9 Å². The van der Waals surface area contributed by atoms with Crippen LogP contribution in [0.3, 0.4) is 0 Å². The van der Waals surface area contributed by atoms with Gasteiger partial charge in [0.15, 0.2) is 5.78 Å². The molecule has 0 bridgehead atoms. The molecule has 3 heteroatoms. The van der Waals surface area contributed by atoms with Crippen molar-refractivity contribution in [2.45, 2.75) is 26.7 Å². The molecule has 0 heterocycles. The first-order valence-electron chi connectivity index (χ1n) is 4.99. The lowest BCUT2D eigenvalue weighted by Gasteiger charge is -2.06. The molecule has 1 rings (SSSR count). The molecule has 0 atom stereocenters. The van der Waals surface area contributed by atoms with E-state index in [1.807, 2.05) is 18.2 Å². The van der Waals surface area contributed by atoms with Crippen molar-refractivity contribution in [1.29, 1.82) is 0 Å². The number of carbonyl (C=O) groups excluding carboxylic acids is 1. The molecule has 15 heavy (non-hydrogen) atoms. The van der Waals surface area contributed by atoms with Gasteiger partial charge in [-0.05, 0) is 30.5 Å². The van der Waals surface area contributed by atoms with E-state index in [9.17, 15) is 4.79 Å². The van der Waals surface area contributed by atoms with Crippen molar-refractivity contribution in [3.8, 4) is 0 Å². The van der Waals surface area contributed by atoms with Crippen LogP contribution in [-0.4, -0.2) is 5.78 Å². The maximum atomic E-state index is 11.8. The van der Waals surface area contributed by atoms with Gasteiger partial charge in [-0.1, -0.05) is 45.7 Å². The van der Waals surface area contributed by atoms with Gasteiger partial charge < -0.3 is 0 Å². The Kier molecular flexibility index (Phi) is 5.00. The van der Waals surface area contributed by atoms with Crippen LogP contribution in [0.1, 0.15) is 37.0 Å². The topological polar surface area (TPSA) is 17.1 Å². The smallest absolute Gasteiger partial charge is 0.164 e. The van der Waals surface area contributed by atoms with Crippen LogP contribution in [0, 0.1) is 5.92 Å². The lowest BCUT2D eigenvalue weighted by Crippen LogP contribution is -2.02. The summed E-state index contributed by atoms with van der Waals surface area (Å²) in [5.41, 5.74) is 0.777. The molecular weight excluding hydrogens is 320 g/mol. The number of hydrogen-bond donors (Lipinski definition) is 0. The first-order valence-corrected chi connectivity index (χ1v) is 6.57. The Morgan fingerprint density at radius 2 is 2.00 bits per heavy atom. The van der Waals surface area contributed by atoms with E-state index in [-0.39, 0.29) is 5.78 Å². The van der Waals surface area contributed by atoms with Gasteiger partial charge in [0.2, 0.25) is 0 Å². The molecule has 0 unspecified atom stereocenters. The average molecular weight is 334 g/mol. The van der Waals surface area contributed by atoms with Crippen LogP contribution in [0.5, 0.6) is 0 Å². The van der Waals surface area contributed by atoms with Gasteiger partial charge in [-0.3, -0.25) is 4.79 Å². The van der Waals surface area contributed by atoms with Gasteiger partial charge in [0.05, 0.1) is 0 Å². The molecule has 1 aromatic rings. The number of benzene rings is 1. The molecule has 1 nitrogen and oxygen atoms in total. The molecule has 1 aromatic carbocycles. The molecule has 0 N–H and O–H groups in total. The lowest BCUT2D eigenvalue weighted by molar-refractivity contribution is 0.0974. The van der Waals surface area contributed by atoms with E-state index < -0.39 is 0 Å². The number of hydrogen-bond acceptors (Lipinski definition) is 1. The Balaban J connectivity index is 2.74. The molecule has 0 aromatic heterocycles. The number of rotatable bonds is 4. The Morgan fingerprint density at radius 3 is 2.53 bits per heavy atom. The van der Waals surface area contributed by atoms with Crippen LogP contribution >= 0.6 is 31.9 Å². The molecule has 0 spiro atoms. The summed E-state index contributed by atoms with van der Waals surface area (Å²) in [5.74, 6) is 0.784. The molecule has 0 radical (unpaired) electrons. The van der Waals surface area contributed by atoms with Crippen molar-refractivity contribution in [1.82, 2.24) is 0 Å². The zero-order valence-electron chi connectivity index (χ0n) is 8.89. The minimum absolute atomic E-state index is 0.211. The molecule has 0 aliphatic heterocycles. The van der Waals surface area contributed by atoms with Crippen molar-refractivity contribution in [2.24, 2.45) is 5.92 Å². The van der Waals surface area contributed by atoms with E-state index in [4.69, 9.17) is 0 Å². The van der Waals surface area contributed by atoms with Gasteiger partial charge in [0.1, 0.15) is 0 Å².